The molecule has 1 atom stereocenters. The normalized spacial score (nSPS) is 12.3. The van der Waals surface area contributed by atoms with Crippen molar-refractivity contribution < 1.29 is 9.53 Å². The Morgan fingerprint density at radius 2 is 2.20 bits per heavy atom. The molecule has 0 bridgehead atoms. The smallest absolute Gasteiger partial charge is 0.307 e. The summed E-state index contributed by atoms with van der Waals surface area (Å²) in [4.78, 5) is 16.0. The molecule has 106 valence electrons. The minimum atomic E-state index is -0.176. The number of carbonyl (C=O) groups excluding carboxylic acids is 1. The van der Waals surface area contributed by atoms with Gasteiger partial charge in [0.05, 0.1) is 18.5 Å². The maximum Gasteiger partial charge on any atom is 0.307 e. The van der Waals surface area contributed by atoms with Crippen molar-refractivity contribution in [3.63, 3.8) is 0 Å². The number of hydrogen-bond acceptors (Lipinski definition) is 4. The average Bonchev–Trinajstić information content (AvgIpc) is 2.46. The topological polar surface area (TPSA) is 51.2 Å². The number of benzene rings is 1. The van der Waals surface area contributed by atoms with Crippen molar-refractivity contribution in [2.24, 2.45) is 0 Å². The third-order valence-electron chi connectivity index (χ3n) is 3.16. The number of pyridine rings is 1. The van der Waals surface area contributed by atoms with E-state index >= 15 is 0 Å². The second-order valence-corrected chi connectivity index (χ2v) is 4.57. The van der Waals surface area contributed by atoms with Gasteiger partial charge in [0.25, 0.3) is 0 Å². The van der Waals surface area contributed by atoms with Crippen molar-refractivity contribution in [2.45, 2.75) is 26.3 Å². The van der Waals surface area contributed by atoms with E-state index in [1.165, 1.54) is 0 Å². The highest BCUT2D eigenvalue weighted by atomic mass is 16.5. The lowest BCUT2D eigenvalue weighted by Gasteiger charge is -2.18. The maximum atomic E-state index is 11.7. The first-order valence-corrected chi connectivity index (χ1v) is 6.98. The van der Waals surface area contributed by atoms with E-state index in [9.17, 15) is 4.79 Å². The third-order valence-corrected chi connectivity index (χ3v) is 3.16. The number of ether oxygens (including phenoxy) is 1. The van der Waals surface area contributed by atoms with Gasteiger partial charge in [0.2, 0.25) is 0 Å². The number of esters is 1. The lowest BCUT2D eigenvalue weighted by molar-refractivity contribution is -0.143. The lowest BCUT2D eigenvalue weighted by Crippen LogP contribution is -2.24. The molecule has 0 aliphatic carbocycles. The number of rotatable bonds is 6. The fourth-order valence-electron chi connectivity index (χ4n) is 2.25. The number of nitrogens with one attached hydrogen (secondary N) is 1. The van der Waals surface area contributed by atoms with Gasteiger partial charge in [-0.1, -0.05) is 19.1 Å². The summed E-state index contributed by atoms with van der Waals surface area (Å²) in [5.74, 6) is -0.176. The van der Waals surface area contributed by atoms with Gasteiger partial charge in [-0.05, 0) is 37.2 Å². The minimum absolute atomic E-state index is 0.0244. The first kappa shape index (κ1) is 14.5. The summed E-state index contributed by atoms with van der Waals surface area (Å²) < 4.78 is 5.04. The van der Waals surface area contributed by atoms with E-state index in [1.807, 2.05) is 38.1 Å². The number of fused-ring (bicyclic) bond motifs is 1. The molecule has 1 unspecified atom stereocenters. The Morgan fingerprint density at radius 1 is 1.35 bits per heavy atom. The van der Waals surface area contributed by atoms with Gasteiger partial charge in [-0.15, -0.1) is 0 Å². The van der Waals surface area contributed by atoms with Crippen LogP contribution in [0.4, 0.5) is 0 Å². The third kappa shape index (κ3) is 3.54. The zero-order chi connectivity index (χ0) is 14.4. The molecule has 0 fully saturated rings. The molecule has 0 aliphatic heterocycles. The Hall–Kier alpha value is -1.94. The summed E-state index contributed by atoms with van der Waals surface area (Å²) in [5.41, 5.74) is 2.04. The van der Waals surface area contributed by atoms with Crippen LogP contribution in [0.1, 0.15) is 31.9 Å². The van der Waals surface area contributed by atoms with Crippen LogP contribution in [0.2, 0.25) is 0 Å². The molecule has 0 radical (unpaired) electrons. The van der Waals surface area contributed by atoms with Crippen molar-refractivity contribution in [3.8, 4) is 0 Å². The molecule has 1 heterocycles. The SMILES string of the molecule is CCNC(CC(=O)OCC)c1ccc2ncccc2c1. The van der Waals surface area contributed by atoms with E-state index in [1.54, 1.807) is 6.20 Å². The Bertz CT molecular complexity index is 583. The molecular formula is C16H20N2O2. The van der Waals surface area contributed by atoms with Crippen LogP contribution in [-0.2, 0) is 9.53 Å². The largest absolute Gasteiger partial charge is 0.466 e. The fourth-order valence-corrected chi connectivity index (χ4v) is 2.25. The Balaban J connectivity index is 2.23. The van der Waals surface area contributed by atoms with Crippen LogP contribution in [-0.4, -0.2) is 24.1 Å². The van der Waals surface area contributed by atoms with Crippen LogP contribution in [0.3, 0.4) is 0 Å². The zero-order valence-corrected chi connectivity index (χ0v) is 11.9. The lowest BCUT2D eigenvalue weighted by atomic mass is 10.0. The van der Waals surface area contributed by atoms with E-state index in [0.29, 0.717) is 13.0 Å². The zero-order valence-electron chi connectivity index (χ0n) is 11.9. The molecule has 0 saturated heterocycles. The number of carbonyl (C=O) groups is 1. The number of hydrogen-bond donors (Lipinski definition) is 1. The van der Waals surface area contributed by atoms with Gasteiger partial charge in [-0.2, -0.15) is 0 Å². The van der Waals surface area contributed by atoms with Gasteiger partial charge >= 0.3 is 5.97 Å². The van der Waals surface area contributed by atoms with Gasteiger partial charge in [-0.25, -0.2) is 0 Å². The quantitative estimate of drug-likeness (QED) is 0.822. The minimum Gasteiger partial charge on any atom is -0.466 e. The fraction of sp³-hybridized carbons (Fsp3) is 0.375. The van der Waals surface area contributed by atoms with Crippen LogP contribution in [0.5, 0.6) is 0 Å². The Kier molecular flexibility index (Phi) is 5.07. The van der Waals surface area contributed by atoms with E-state index < -0.39 is 0 Å². The van der Waals surface area contributed by atoms with Crippen LogP contribution in [0.15, 0.2) is 36.5 Å². The first-order chi connectivity index (χ1) is 9.74. The summed E-state index contributed by atoms with van der Waals surface area (Å²) >= 11 is 0. The summed E-state index contributed by atoms with van der Waals surface area (Å²) in [6.07, 6.45) is 2.12. The van der Waals surface area contributed by atoms with Crippen LogP contribution in [0, 0.1) is 0 Å². The molecule has 4 nitrogen and oxygen atoms in total. The van der Waals surface area contributed by atoms with Crippen molar-refractivity contribution in [1.82, 2.24) is 10.3 Å². The Labute approximate surface area is 119 Å². The molecule has 1 aromatic carbocycles. The van der Waals surface area contributed by atoms with Crippen molar-refractivity contribution >= 4 is 16.9 Å². The van der Waals surface area contributed by atoms with Gasteiger partial charge in [0, 0.05) is 17.6 Å². The molecule has 20 heavy (non-hydrogen) atoms. The molecule has 0 saturated carbocycles. The highest BCUT2D eigenvalue weighted by Crippen LogP contribution is 2.21. The molecule has 0 amide bonds. The second kappa shape index (κ2) is 7.01. The highest BCUT2D eigenvalue weighted by Gasteiger charge is 2.16. The average molecular weight is 272 g/mol. The van der Waals surface area contributed by atoms with Crippen molar-refractivity contribution in [2.75, 3.05) is 13.2 Å². The van der Waals surface area contributed by atoms with Crippen molar-refractivity contribution in [3.05, 3.63) is 42.1 Å². The predicted molar refractivity (Wildman–Crippen MR) is 79.4 cm³/mol. The van der Waals surface area contributed by atoms with Crippen LogP contribution < -0.4 is 5.32 Å². The van der Waals surface area contributed by atoms with Crippen LogP contribution >= 0.6 is 0 Å². The summed E-state index contributed by atoms with van der Waals surface area (Å²) in [6, 6.07) is 10.00. The molecular weight excluding hydrogens is 252 g/mol. The Morgan fingerprint density at radius 3 is 2.95 bits per heavy atom. The summed E-state index contributed by atoms with van der Waals surface area (Å²) in [7, 11) is 0. The second-order valence-electron chi connectivity index (χ2n) is 4.57. The van der Waals surface area contributed by atoms with E-state index in [2.05, 4.69) is 16.4 Å². The standard InChI is InChI=1S/C16H20N2O2/c1-3-17-15(11-16(19)20-4-2)13-7-8-14-12(10-13)6-5-9-18-14/h5-10,15,17H,3-4,11H2,1-2H3. The number of aromatic nitrogens is 1. The van der Waals surface area contributed by atoms with E-state index in [-0.39, 0.29) is 12.0 Å². The van der Waals surface area contributed by atoms with E-state index in [0.717, 1.165) is 23.0 Å². The molecule has 2 aromatic rings. The molecule has 4 heteroatoms. The molecule has 2 rings (SSSR count). The first-order valence-electron chi connectivity index (χ1n) is 6.98. The molecule has 1 N–H and O–H groups in total. The van der Waals surface area contributed by atoms with Crippen molar-refractivity contribution in [1.29, 1.82) is 0 Å². The van der Waals surface area contributed by atoms with Gasteiger partial charge in [0.15, 0.2) is 0 Å². The van der Waals surface area contributed by atoms with Gasteiger partial charge in [-0.3, -0.25) is 9.78 Å². The predicted octanol–water partition coefficient (Wildman–Crippen LogP) is 2.84. The molecule has 0 spiro atoms. The number of nitrogens with zero attached hydrogens (tertiary/aromatic N) is 1. The van der Waals surface area contributed by atoms with Gasteiger partial charge in [0.1, 0.15) is 0 Å². The van der Waals surface area contributed by atoms with Gasteiger partial charge < -0.3 is 10.1 Å². The molecule has 1 aromatic heterocycles. The maximum absolute atomic E-state index is 11.7. The van der Waals surface area contributed by atoms with E-state index in [4.69, 9.17) is 4.74 Å². The molecule has 0 aliphatic rings. The van der Waals surface area contributed by atoms with Crippen LogP contribution in [0.25, 0.3) is 10.9 Å². The monoisotopic (exact) mass is 272 g/mol. The summed E-state index contributed by atoms with van der Waals surface area (Å²) in [6.45, 7) is 5.07. The highest BCUT2D eigenvalue weighted by molar-refractivity contribution is 5.79. The summed E-state index contributed by atoms with van der Waals surface area (Å²) in [5, 5.41) is 4.41.